The molecule has 0 unspecified atom stereocenters. The summed E-state index contributed by atoms with van der Waals surface area (Å²) in [5.41, 5.74) is 2.86. The van der Waals surface area contributed by atoms with Gasteiger partial charge < -0.3 is 4.57 Å². The highest BCUT2D eigenvalue weighted by Crippen LogP contribution is 2.26. The first kappa shape index (κ1) is 22.3. The molecule has 0 saturated heterocycles. The molecule has 3 rings (SSSR count). The average Bonchev–Trinajstić information content (AvgIpc) is 3.24. The third-order valence-corrected chi connectivity index (χ3v) is 6.30. The molecule has 2 aromatic heterocycles. The van der Waals surface area contributed by atoms with Crippen LogP contribution in [0.2, 0.25) is 0 Å². The molecule has 162 valence electrons. The van der Waals surface area contributed by atoms with Crippen molar-refractivity contribution in [2.75, 3.05) is 5.75 Å². The van der Waals surface area contributed by atoms with Gasteiger partial charge >= 0.3 is 0 Å². The first-order chi connectivity index (χ1) is 14.8. The predicted molar refractivity (Wildman–Crippen MR) is 120 cm³/mol. The average molecular weight is 440 g/mol. The number of benzene rings is 1. The van der Waals surface area contributed by atoms with Gasteiger partial charge in [-0.2, -0.15) is 10.4 Å². The predicted octanol–water partition coefficient (Wildman–Crippen LogP) is 3.19. The minimum Gasteiger partial charge on any atom is -0.301 e. The van der Waals surface area contributed by atoms with Crippen LogP contribution in [0.3, 0.4) is 0 Å². The number of hydrogen-bond acceptors (Lipinski definition) is 5. The SMILES string of the molecule is CCCCCS(=O)(=O)NC(=O)/C=C/c1c(C)nn(C)c1-n1ccc2cc(C#N)ccc21. The van der Waals surface area contributed by atoms with E-state index in [1.54, 1.807) is 29.9 Å². The third kappa shape index (κ3) is 5.03. The summed E-state index contributed by atoms with van der Waals surface area (Å²) in [6.45, 7) is 3.81. The third-order valence-electron chi connectivity index (χ3n) is 4.96. The molecule has 31 heavy (non-hydrogen) atoms. The quantitative estimate of drug-likeness (QED) is 0.428. The zero-order valence-electron chi connectivity index (χ0n) is 17.8. The van der Waals surface area contributed by atoms with Crippen LogP contribution < -0.4 is 4.72 Å². The first-order valence-corrected chi connectivity index (χ1v) is 11.7. The molecule has 1 amide bonds. The van der Waals surface area contributed by atoms with Crippen molar-refractivity contribution in [3.05, 3.63) is 53.4 Å². The molecule has 9 heteroatoms. The van der Waals surface area contributed by atoms with Crippen molar-refractivity contribution < 1.29 is 13.2 Å². The second-order valence-corrected chi connectivity index (χ2v) is 9.18. The van der Waals surface area contributed by atoms with E-state index in [2.05, 4.69) is 15.9 Å². The molecule has 0 radical (unpaired) electrons. The molecule has 0 spiro atoms. The van der Waals surface area contributed by atoms with Gasteiger partial charge in [0.1, 0.15) is 5.82 Å². The van der Waals surface area contributed by atoms with Gasteiger partial charge in [-0.1, -0.05) is 19.8 Å². The van der Waals surface area contributed by atoms with Crippen molar-refractivity contribution in [2.45, 2.75) is 33.1 Å². The van der Waals surface area contributed by atoms with Crippen LogP contribution in [0.5, 0.6) is 0 Å². The summed E-state index contributed by atoms with van der Waals surface area (Å²) < 4.78 is 29.8. The fraction of sp³-hybridized carbons (Fsp3) is 0.318. The lowest BCUT2D eigenvalue weighted by atomic mass is 10.2. The van der Waals surface area contributed by atoms with Gasteiger partial charge in [0.25, 0.3) is 5.91 Å². The van der Waals surface area contributed by atoms with E-state index < -0.39 is 15.9 Å². The normalized spacial score (nSPS) is 11.8. The zero-order valence-corrected chi connectivity index (χ0v) is 18.6. The molecule has 0 bridgehead atoms. The Bertz CT molecular complexity index is 1290. The van der Waals surface area contributed by atoms with Crippen molar-refractivity contribution in [3.63, 3.8) is 0 Å². The number of aromatic nitrogens is 3. The monoisotopic (exact) mass is 439 g/mol. The Morgan fingerprint density at radius 1 is 1.29 bits per heavy atom. The number of nitrogens with one attached hydrogen (secondary N) is 1. The van der Waals surface area contributed by atoms with Gasteiger partial charge in [-0.25, -0.2) is 13.1 Å². The summed E-state index contributed by atoms with van der Waals surface area (Å²) in [6, 6.07) is 9.45. The fourth-order valence-electron chi connectivity index (χ4n) is 3.48. The van der Waals surface area contributed by atoms with Gasteiger partial charge in [0.2, 0.25) is 10.0 Å². The minimum atomic E-state index is -3.65. The Hall–Kier alpha value is -3.38. The Labute approximate surface area is 181 Å². The number of fused-ring (bicyclic) bond motifs is 1. The van der Waals surface area contributed by atoms with Crippen LogP contribution in [0.1, 0.15) is 43.0 Å². The van der Waals surface area contributed by atoms with E-state index in [0.29, 0.717) is 23.2 Å². The van der Waals surface area contributed by atoms with Crippen molar-refractivity contribution in [2.24, 2.45) is 7.05 Å². The van der Waals surface area contributed by atoms with E-state index in [1.807, 2.05) is 36.7 Å². The van der Waals surface area contributed by atoms with Crippen LogP contribution in [0, 0.1) is 18.3 Å². The molecule has 3 aromatic rings. The zero-order chi connectivity index (χ0) is 22.6. The molecular formula is C22H25N5O3S. The fourth-order valence-corrected chi connectivity index (χ4v) is 4.54. The molecule has 0 aliphatic carbocycles. The Balaban J connectivity index is 1.89. The van der Waals surface area contributed by atoms with Gasteiger partial charge in [-0.15, -0.1) is 0 Å². The molecule has 1 aromatic carbocycles. The maximum absolute atomic E-state index is 12.2. The highest BCUT2D eigenvalue weighted by Gasteiger charge is 2.16. The van der Waals surface area contributed by atoms with Crippen molar-refractivity contribution in [3.8, 4) is 11.9 Å². The summed E-state index contributed by atoms with van der Waals surface area (Å²) in [5, 5.41) is 14.5. The molecule has 0 atom stereocenters. The summed E-state index contributed by atoms with van der Waals surface area (Å²) >= 11 is 0. The van der Waals surface area contributed by atoms with E-state index in [4.69, 9.17) is 5.26 Å². The maximum atomic E-state index is 12.2. The van der Waals surface area contributed by atoms with Gasteiger partial charge in [-0.05, 0) is 43.7 Å². The second kappa shape index (κ2) is 9.18. The number of aryl methyl sites for hydroxylation is 2. The number of sulfonamides is 1. The molecule has 0 aliphatic heterocycles. The second-order valence-electron chi connectivity index (χ2n) is 7.34. The summed E-state index contributed by atoms with van der Waals surface area (Å²) in [4.78, 5) is 12.2. The van der Waals surface area contributed by atoms with Crippen LogP contribution >= 0.6 is 0 Å². The van der Waals surface area contributed by atoms with E-state index in [9.17, 15) is 13.2 Å². The van der Waals surface area contributed by atoms with Crippen LogP contribution in [-0.4, -0.2) is 34.4 Å². The van der Waals surface area contributed by atoms with Crippen LogP contribution in [0.4, 0.5) is 0 Å². The van der Waals surface area contributed by atoms with E-state index in [1.165, 1.54) is 6.08 Å². The topological polar surface area (TPSA) is 110 Å². The Kier molecular flexibility index (Phi) is 6.61. The standard InChI is InChI=1S/C22H25N5O3S/c1-4-5-6-13-31(29,30)25-21(28)10-8-19-16(2)24-26(3)22(19)27-12-11-18-14-17(15-23)7-9-20(18)27/h7-12,14H,4-6,13H2,1-3H3,(H,25,28)/b10-8+. The number of rotatable bonds is 8. The molecule has 0 fully saturated rings. The van der Waals surface area contributed by atoms with Gasteiger partial charge in [0.05, 0.1) is 28.6 Å². The number of carbonyl (C=O) groups is 1. The number of amides is 1. The first-order valence-electron chi connectivity index (χ1n) is 10.0. The number of nitriles is 1. The molecule has 0 saturated carbocycles. The smallest absolute Gasteiger partial charge is 0.257 e. The molecule has 8 nitrogen and oxygen atoms in total. The lowest BCUT2D eigenvalue weighted by molar-refractivity contribution is -0.114. The Morgan fingerprint density at radius 3 is 2.77 bits per heavy atom. The number of nitrogens with zero attached hydrogens (tertiary/aromatic N) is 4. The summed E-state index contributed by atoms with van der Waals surface area (Å²) in [5.74, 6) is -0.0359. The lowest BCUT2D eigenvalue weighted by Crippen LogP contribution is -2.31. The Morgan fingerprint density at radius 2 is 2.06 bits per heavy atom. The number of unbranched alkanes of at least 4 members (excludes halogenated alkanes) is 2. The van der Waals surface area contributed by atoms with Crippen molar-refractivity contribution in [1.29, 1.82) is 5.26 Å². The van der Waals surface area contributed by atoms with Gasteiger partial charge in [0.15, 0.2) is 0 Å². The van der Waals surface area contributed by atoms with E-state index >= 15 is 0 Å². The molecule has 2 heterocycles. The van der Waals surface area contributed by atoms with Gasteiger partial charge in [-0.3, -0.25) is 9.48 Å². The highest BCUT2D eigenvalue weighted by molar-refractivity contribution is 7.90. The van der Waals surface area contributed by atoms with Crippen molar-refractivity contribution in [1.82, 2.24) is 19.1 Å². The van der Waals surface area contributed by atoms with Gasteiger partial charge in [0, 0.05) is 30.3 Å². The van der Waals surface area contributed by atoms with E-state index in [0.717, 1.165) is 29.6 Å². The van der Waals surface area contributed by atoms with Crippen LogP contribution in [0.25, 0.3) is 22.8 Å². The van der Waals surface area contributed by atoms with Crippen molar-refractivity contribution >= 4 is 32.9 Å². The lowest BCUT2D eigenvalue weighted by Gasteiger charge is -2.08. The van der Waals surface area contributed by atoms with Crippen LogP contribution in [0.15, 0.2) is 36.5 Å². The number of hydrogen-bond donors (Lipinski definition) is 1. The minimum absolute atomic E-state index is 0.0718. The molecule has 1 N–H and O–H groups in total. The molecule has 0 aliphatic rings. The summed E-state index contributed by atoms with van der Waals surface area (Å²) in [7, 11) is -1.86. The largest absolute Gasteiger partial charge is 0.301 e. The highest BCUT2D eigenvalue weighted by atomic mass is 32.2. The van der Waals surface area contributed by atoms with Crippen LogP contribution in [-0.2, 0) is 21.9 Å². The summed E-state index contributed by atoms with van der Waals surface area (Å²) in [6.07, 6.45) is 6.87. The maximum Gasteiger partial charge on any atom is 0.257 e. The molecular weight excluding hydrogens is 414 g/mol. The van der Waals surface area contributed by atoms with E-state index in [-0.39, 0.29) is 5.75 Å². The number of carbonyl (C=O) groups excluding carboxylic acids is 1.